The molecule has 1 atom stereocenters. The Morgan fingerprint density at radius 2 is 1.93 bits per heavy atom. The first-order valence-electron chi connectivity index (χ1n) is 6.04. The van der Waals surface area contributed by atoms with Gasteiger partial charge in [-0.05, 0) is 38.3 Å². The monoisotopic (exact) mass is 196 g/mol. The molecule has 0 aromatic carbocycles. The molecule has 1 unspecified atom stereocenters. The molecule has 14 heavy (non-hydrogen) atoms. The Labute approximate surface area is 88.1 Å². The SMILES string of the molecule is CN(C1CCC1)C1CCNCC1(C)C. The fraction of sp³-hybridized carbons (Fsp3) is 1.00. The van der Waals surface area contributed by atoms with Crippen LogP contribution >= 0.6 is 0 Å². The van der Waals surface area contributed by atoms with Crippen molar-refractivity contribution in [1.29, 1.82) is 0 Å². The van der Waals surface area contributed by atoms with E-state index in [-0.39, 0.29) is 0 Å². The zero-order valence-corrected chi connectivity index (χ0v) is 9.84. The first kappa shape index (κ1) is 10.4. The van der Waals surface area contributed by atoms with Crippen LogP contribution in [0.5, 0.6) is 0 Å². The average molecular weight is 196 g/mol. The Morgan fingerprint density at radius 1 is 1.21 bits per heavy atom. The van der Waals surface area contributed by atoms with Crippen molar-refractivity contribution >= 4 is 0 Å². The van der Waals surface area contributed by atoms with Crippen molar-refractivity contribution in [3.8, 4) is 0 Å². The summed E-state index contributed by atoms with van der Waals surface area (Å²) in [6.07, 6.45) is 5.62. The van der Waals surface area contributed by atoms with Gasteiger partial charge in [0.15, 0.2) is 0 Å². The maximum atomic E-state index is 3.51. The van der Waals surface area contributed by atoms with E-state index in [0.29, 0.717) is 5.41 Å². The third-order valence-electron chi connectivity index (χ3n) is 4.22. The maximum Gasteiger partial charge on any atom is 0.0170 e. The van der Waals surface area contributed by atoms with Crippen molar-refractivity contribution < 1.29 is 0 Å². The third kappa shape index (κ3) is 1.82. The van der Waals surface area contributed by atoms with Crippen LogP contribution in [0.15, 0.2) is 0 Å². The molecule has 1 saturated carbocycles. The van der Waals surface area contributed by atoms with Crippen molar-refractivity contribution in [2.75, 3.05) is 20.1 Å². The summed E-state index contributed by atoms with van der Waals surface area (Å²) in [6.45, 7) is 7.18. The number of hydrogen-bond donors (Lipinski definition) is 1. The van der Waals surface area contributed by atoms with Gasteiger partial charge in [0.05, 0.1) is 0 Å². The van der Waals surface area contributed by atoms with Crippen LogP contribution in [0.25, 0.3) is 0 Å². The smallest absolute Gasteiger partial charge is 0.0170 e. The van der Waals surface area contributed by atoms with E-state index in [2.05, 4.69) is 31.1 Å². The molecular formula is C12H24N2. The molecule has 0 radical (unpaired) electrons. The summed E-state index contributed by atoms with van der Waals surface area (Å²) in [5.74, 6) is 0. The molecular weight excluding hydrogens is 172 g/mol. The quantitative estimate of drug-likeness (QED) is 0.725. The molecule has 0 aromatic heterocycles. The van der Waals surface area contributed by atoms with E-state index in [1.54, 1.807) is 0 Å². The fourth-order valence-electron chi connectivity index (χ4n) is 2.96. The minimum absolute atomic E-state index is 0.447. The van der Waals surface area contributed by atoms with Gasteiger partial charge in [-0.3, -0.25) is 4.90 Å². The number of piperidine rings is 1. The van der Waals surface area contributed by atoms with Gasteiger partial charge in [-0.15, -0.1) is 0 Å². The predicted octanol–water partition coefficient (Wildman–Crippen LogP) is 1.86. The summed E-state index contributed by atoms with van der Waals surface area (Å²) in [7, 11) is 2.33. The van der Waals surface area contributed by atoms with Crippen molar-refractivity contribution in [2.45, 2.75) is 51.6 Å². The zero-order valence-electron chi connectivity index (χ0n) is 9.84. The normalized spacial score (nSPS) is 33.0. The summed E-state index contributed by atoms with van der Waals surface area (Å²) >= 11 is 0. The number of nitrogens with zero attached hydrogens (tertiary/aromatic N) is 1. The molecule has 1 aliphatic carbocycles. The first-order valence-corrected chi connectivity index (χ1v) is 6.04. The topological polar surface area (TPSA) is 15.3 Å². The van der Waals surface area contributed by atoms with Crippen LogP contribution in [0.1, 0.15) is 39.5 Å². The van der Waals surface area contributed by atoms with Gasteiger partial charge in [-0.25, -0.2) is 0 Å². The Balaban J connectivity index is 1.99. The summed E-state index contributed by atoms with van der Waals surface area (Å²) in [4.78, 5) is 2.66. The van der Waals surface area contributed by atoms with Gasteiger partial charge in [0, 0.05) is 18.6 Å². The molecule has 82 valence electrons. The standard InChI is InChI=1S/C12H24N2/c1-12(2)9-13-8-7-11(12)14(3)10-5-4-6-10/h10-11,13H,4-9H2,1-3H3. The van der Waals surface area contributed by atoms with Crippen molar-refractivity contribution in [1.82, 2.24) is 10.2 Å². The van der Waals surface area contributed by atoms with Gasteiger partial charge in [0.25, 0.3) is 0 Å². The molecule has 0 amide bonds. The number of rotatable bonds is 2. The Kier molecular flexibility index (Phi) is 2.85. The lowest BCUT2D eigenvalue weighted by atomic mass is 9.77. The first-order chi connectivity index (χ1) is 6.61. The van der Waals surface area contributed by atoms with E-state index in [9.17, 15) is 0 Å². The molecule has 2 nitrogen and oxygen atoms in total. The van der Waals surface area contributed by atoms with Crippen LogP contribution in [-0.4, -0.2) is 37.1 Å². The second-order valence-corrected chi connectivity index (χ2v) is 5.72. The highest BCUT2D eigenvalue weighted by Gasteiger charge is 2.38. The Bertz CT molecular complexity index is 196. The van der Waals surface area contributed by atoms with E-state index < -0.39 is 0 Å². The highest BCUT2D eigenvalue weighted by molar-refractivity contribution is 4.94. The van der Waals surface area contributed by atoms with Crippen LogP contribution < -0.4 is 5.32 Å². The van der Waals surface area contributed by atoms with Crippen LogP contribution in [0.4, 0.5) is 0 Å². The second kappa shape index (κ2) is 3.82. The summed E-state index contributed by atoms with van der Waals surface area (Å²) in [5, 5.41) is 3.51. The molecule has 0 spiro atoms. The van der Waals surface area contributed by atoms with Gasteiger partial charge >= 0.3 is 0 Å². The fourth-order valence-corrected chi connectivity index (χ4v) is 2.96. The molecule has 2 rings (SSSR count). The van der Waals surface area contributed by atoms with Gasteiger partial charge < -0.3 is 5.32 Å². The molecule has 0 aromatic rings. The number of nitrogens with one attached hydrogen (secondary N) is 1. The summed E-state index contributed by atoms with van der Waals surface area (Å²) in [5.41, 5.74) is 0.447. The predicted molar refractivity (Wildman–Crippen MR) is 60.5 cm³/mol. The summed E-state index contributed by atoms with van der Waals surface area (Å²) in [6, 6.07) is 1.67. The number of hydrogen-bond acceptors (Lipinski definition) is 2. The molecule has 1 saturated heterocycles. The van der Waals surface area contributed by atoms with E-state index in [4.69, 9.17) is 0 Å². The van der Waals surface area contributed by atoms with Crippen LogP contribution in [0, 0.1) is 5.41 Å². The molecule has 2 fully saturated rings. The largest absolute Gasteiger partial charge is 0.316 e. The highest BCUT2D eigenvalue weighted by atomic mass is 15.2. The minimum atomic E-state index is 0.447. The van der Waals surface area contributed by atoms with Gasteiger partial charge in [-0.1, -0.05) is 20.3 Å². The van der Waals surface area contributed by atoms with E-state index >= 15 is 0 Å². The lowest BCUT2D eigenvalue weighted by Gasteiger charge is -2.49. The second-order valence-electron chi connectivity index (χ2n) is 5.72. The molecule has 1 heterocycles. The lowest BCUT2D eigenvalue weighted by Crippen LogP contribution is -2.57. The molecule has 2 heteroatoms. The molecule has 1 N–H and O–H groups in total. The van der Waals surface area contributed by atoms with Crippen LogP contribution in [0.3, 0.4) is 0 Å². The van der Waals surface area contributed by atoms with E-state index in [0.717, 1.165) is 12.1 Å². The van der Waals surface area contributed by atoms with Gasteiger partial charge in [0.1, 0.15) is 0 Å². The lowest BCUT2D eigenvalue weighted by molar-refractivity contribution is 0.0214. The van der Waals surface area contributed by atoms with Gasteiger partial charge in [0.2, 0.25) is 0 Å². The average Bonchev–Trinajstić information content (AvgIpc) is 1.99. The van der Waals surface area contributed by atoms with Gasteiger partial charge in [-0.2, -0.15) is 0 Å². The minimum Gasteiger partial charge on any atom is -0.316 e. The third-order valence-corrected chi connectivity index (χ3v) is 4.22. The van der Waals surface area contributed by atoms with E-state index in [1.165, 1.54) is 38.8 Å². The van der Waals surface area contributed by atoms with E-state index in [1.807, 2.05) is 0 Å². The molecule has 0 bridgehead atoms. The Hall–Kier alpha value is -0.0800. The molecule has 2 aliphatic rings. The highest BCUT2D eigenvalue weighted by Crippen LogP contribution is 2.34. The van der Waals surface area contributed by atoms with Crippen LogP contribution in [0.2, 0.25) is 0 Å². The Morgan fingerprint density at radius 3 is 2.43 bits per heavy atom. The zero-order chi connectivity index (χ0) is 10.2. The van der Waals surface area contributed by atoms with Crippen molar-refractivity contribution in [3.63, 3.8) is 0 Å². The molecule has 1 aliphatic heterocycles. The van der Waals surface area contributed by atoms with Crippen LogP contribution in [-0.2, 0) is 0 Å². The van der Waals surface area contributed by atoms with Crippen molar-refractivity contribution in [3.05, 3.63) is 0 Å². The maximum absolute atomic E-state index is 3.51. The van der Waals surface area contributed by atoms with Crippen molar-refractivity contribution in [2.24, 2.45) is 5.41 Å². The summed E-state index contributed by atoms with van der Waals surface area (Å²) < 4.78 is 0.